The van der Waals surface area contributed by atoms with Gasteiger partial charge in [0.25, 0.3) is 5.56 Å². The lowest BCUT2D eigenvalue weighted by Crippen LogP contribution is -2.40. The number of nitriles is 1. The molecule has 128 valence electrons. The number of nitrogens with one attached hydrogen (secondary N) is 1. The number of hydrogen-bond donors (Lipinski definition) is 1. The van der Waals surface area contributed by atoms with Crippen molar-refractivity contribution in [3.05, 3.63) is 26.7 Å². The molecule has 0 amide bonds. The molecule has 1 aliphatic carbocycles. The van der Waals surface area contributed by atoms with Gasteiger partial charge in [0, 0.05) is 25.4 Å². The van der Waals surface area contributed by atoms with Crippen molar-refractivity contribution in [3.63, 3.8) is 0 Å². The summed E-state index contributed by atoms with van der Waals surface area (Å²) in [5.74, 6) is 1.17. The zero-order valence-corrected chi connectivity index (χ0v) is 14.0. The summed E-state index contributed by atoms with van der Waals surface area (Å²) in [6.07, 6.45) is 6.15. The Kier molecular flexibility index (Phi) is 4.84. The largest absolute Gasteiger partial charge is 0.336 e. The molecule has 0 aromatic carbocycles. The predicted octanol–water partition coefficient (Wildman–Crippen LogP) is 2.26. The second kappa shape index (κ2) is 7.04. The maximum atomic E-state index is 12.7. The van der Waals surface area contributed by atoms with Gasteiger partial charge in [0.1, 0.15) is 11.3 Å². The molecule has 7 nitrogen and oxygen atoms in total. The van der Waals surface area contributed by atoms with Gasteiger partial charge in [-0.3, -0.25) is 13.9 Å². The van der Waals surface area contributed by atoms with Crippen molar-refractivity contribution in [2.45, 2.75) is 70.9 Å². The van der Waals surface area contributed by atoms with Crippen LogP contribution in [0.5, 0.6) is 0 Å². The average molecular weight is 329 g/mol. The molecule has 1 saturated carbocycles. The molecule has 2 aromatic heterocycles. The quantitative estimate of drug-likeness (QED) is 0.822. The van der Waals surface area contributed by atoms with Gasteiger partial charge in [0.05, 0.1) is 6.07 Å². The predicted molar refractivity (Wildman–Crippen MR) is 91.0 cm³/mol. The number of aromatic nitrogens is 4. The Bertz CT molecular complexity index is 877. The summed E-state index contributed by atoms with van der Waals surface area (Å²) < 4.78 is 2.84. The Balaban J connectivity index is 2.15. The maximum Gasteiger partial charge on any atom is 0.332 e. The maximum absolute atomic E-state index is 12.7. The van der Waals surface area contributed by atoms with Crippen LogP contribution in [0, 0.1) is 11.3 Å². The fourth-order valence-electron chi connectivity index (χ4n) is 3.52. The first-order chi connectivity index (χ1) is 11.7. The first-order valence-corrected chi connectivity index (χ1v) is 8.77. The molecule has 1 N–H and O–H groups in total. The summed E-state index contributed by atoms with van der Waals surface area (Å²) in [6.45, 7) is 2.73. The van der Waals surface area contributed by atoms with Gasteiger partial charge in [-0.1, -0.05) is 19.8 Å². The van der Waals surface area contributed by atoms with Crippen molar-refractivity contribution in [3.8, 4) is 6.07 Å². The number of fused-ring (bicyclic) bond motifs is 1. The van der Waals surface area contributed by atoms with E-state index in [-0.39, 0.29) is 11.2 Å². The average Bonchev–Trinajstić information content (AvgIpc) is 3.23. The summed E-state index contributed by atoms with van der Waals surface area (Å²) in [4.78, 5) is 33.2. The molecule has 0 unspecified atom stereocenters. The molecule has 7 heteroatoms. The van der Waals surface area contributed by atoms with Crippen molar-refractivity contribution in [1.29, 1.82) is 5.26 Å². The summed E-state index contributed by atoms with van der Waals surface area (Å²) in [5.41, 5.74) is 0.251. The van der Waals surface area contributed by atoms with Gasteiger partial charge in [0.15, 0.2) is 5.65 Å². The van der Waals surface area contributed by atoms with Crippen molar-refractivity contribution < 1.29 is 0 Å². The van der Waals surface area contributed by atoms with E-state index in [9.17, 15) is 9.59 Å². The van der Waals surface area contributed by atoms with Gasteiger partial charge in [0.2, 0.25) is 0 Å². The van der Waals surface area contributed by atoms with Crippen LogP contribution in [-0.4, -0.2) is 19.1 Å². The van der Waals surface area contributed by atoms with Crippen molar-refractivity contribution in [2.75, 3.05) is 0 Å². The molecule has 24 heavy (non-hydrogen) atoms. The molecule has 0 bridgehead atoms. The van der Waals surface area contributed by atoms with Crippen molar-refractivity contribution >= 4 is 11.2 Å². The zero-order chi connectivity index (χ0) is 17.1. The first-order valence-electron chi connectivity index (χ1n) is 8.77. The van der Waals surface area contributed by atoms with E-state index in [0.29, 0.717) is 49.4 Å². The van der Waals surface area contributed by atoms with E-state index in [1.54, 1.807) is 4.57 Å². The lowest BCUT2D eigenvalue weighted by molar-refractivity contribution is 0.549. The van der Waals surface area contributed by atoms with E-state index < -0.39 is 0 Å². The van der Waals surface area contributed by atoms with Gasteiger partial charge in [-0.2, -0.15) is 5.26 Å². The first kappa shape index (κ1) is 16.5. The Morgan fingerprint density at radius 2 is 2.00 bits per heavy atom. The molecule has 1 aliphatic rings. The zero-order valence-electron chi connectivity index (χ0n) is 14.0. The topological polar surface area (TPSA) is 96.5 Å². The third-order valence-electron chi connectivity index (χ3n) is 4.74. The van der Waals surface area contributed by atoms with Crippen LogP contribution in [0.4, 0.5) is 0 Å². The number of imidazole rings is 1. The van der Waals surface area contributed by atoms with Crippen LogP contribution in [0.25, 0.3) is 11.2 Å². The number of unbranched alkanes of at least 4 members (excludes halogenated alkanes) is 1. The van der Waals surface area contributed by atoms with E-state index >= 15 is 0 Å². The van der Waals surface area contributed by atoms with Crippen LogP contribution < -0.4 is 11.2 Å². The van der Waals surface area contributed by atoms with Crippen LogP contribution in [0.15, 0.2) is 9.59 Å². The molecule has 0 radical (unpaired) electrons. The number of hydrogen-bond acceptors (Lipinski definition) is 4. The van der Waals surface area contributed by atoms with E-state index in [1.807, 2.05) is 6.92 Å². The van der Waals surface area contributed by atoms with Gasteiger partial charge in [-0.15, -0.1) is 0 Å². The van der Waals surface area contributed by atoms with Crippen LogP contribution in [0.2, 0.25) is 0 Å². The van der Waals surface area contributed by atoms with Gasteiger partial charge < -0.3 is 4.98 Å². The molecule has 1 fully saturated rings. The summed E-state index contributed by atoms with van der Waals surface area (Å²) in [6, 6.07) is 2.09. The Morgan fingerprint density at radius 3 is 2.67 bits per heavy atom. The van der Waals surface area contributed by atoms with E-state index in [2.05, 4.69) is 16.0 Å². The van der Waals surface area contributed by atoms with Crippen LogP contribution in [0.1, 0.15) is 63.6 Å². The summed E-state index contributed by atoms with van der Waals surface area (Å²) in [5, 5.41) is 8.74. The smallest absolute Gasteiger partial charge is 0.332 e. The molecule has 2 heterocycles. The van der Waals surface area contributed by atoms with Crippen molar-refractivity contribution in [1.82, 2.24) is 19.1 Å². The molecule has 0 atom stereocenters. The molecule has 0 saturated heterocycles. The normalized spacial score (nSPS) is 15.2. The molecule has 0 aliphatic heterocycles. The van der Waals surface area contributed by atoms with E-state index in [0.717, 1.165) is 18.7 Å². The van der Waals surface area contributed by atoms with Crippen molar-refractivity contribution in [2.24, 2.45) is 0 Å². The fraction of sp³-hybridized carbons (Fsp3) is 0.647. The highest BCUT2D eigenvalue weighted by atomic mass is 16.2. The number of rotatable bonds is 6. The minimum absolute atomic E-state index is 0.287. The monoisotopic (exact) mass is 329 g/mol. The SMILES string of the molecule is CCCn1c(=O)c2[nH]c(C3CCCC3)nc2n(CCCC#N)c1=O. The Hall–Kier alpha value is -2.36. The van der Waals surface area contributed by atoms with E-state index in [1.165, 1.54) is 17.4 Å². The fourth-order valence-corrected chi connectivity index (χ4v) is 3.52. The standard InChI is InChI=1S/C17H23N5O2/c1-2-10-22-16(23)13-15(21(17(22)24)11-6-5-9-18)20-14(19-13)12-7-3-4-8-12/h12H,2-8,10-11H2,1H3,(H,19,20). The highest BCUT2D eigenvalue weighted by Gasteiger charge is 2.23. The molecule has 0 spiro atoms. The van der Waals surface area contributed by atoms with Crippen LogP contribution in [0.3, 0.4) is 0 Å². The summed E-state index contributed by atoms with van der Waals surface area (Å²) >= 11 is 0. The molecule has 2 aromatic rings. The second-order valence-corrected chi connectivity index (χ2v) is 6.45. The third kappa shape index (κ3) is 2.88. The number of aromatic amines is 1. The number of aryl methyl sites for hydroxylation is 1. The lowest BCUT2D eigenvalue weighted by Gasteiger charge is -2.09. The molecular weight excluding hydrogens is 306 g/mol. The Labute approximate surface area is 139 Å². The Morgan fingerprint density at radius 1 is 1.25 bits per heavy atom. The number of H-pyrrole nitrogens is 1. The number of nitrogens with zero attached hydrogens (tertiary/aromatic N) is 4. The minimum atomic E-state index is -0.322. The minimum Gasteiger partial charge on any atom is -0.336 e. The lowest BCUT2D eigenvalue weighted by atomic mass is 10.1. The molecular formula is C17H23N5O2. The highest BCUT2D eigenvalue weighted by molar-refractivity contribution is 5.70. The second-order valence-electron chi connectivity index (χ2n) is 6.45. The summed E-state index contributed by atoms with van der Waals surface area (Å²) in [7, 11) is 0. The van der Waals surface area contributed by atoms with Gasteiger partial charge in [-0.25, -0.2) is 9.78 Å². The van der Waals surface area contributed by atoms with Gasteiger partial charge in [-0.05, 0) is 25.7 Å². The van der Waals surface area contributed by atoms with E-state index in [4.69, 9.17) is 5.26 Å². The highest BCUT2D eigenvalue weighted by Crippen LogP contribution is 2.32. The third-order valence-corrected chi connectivity index (χ3v) is 4.74. The molecule has 3 rings (SSSR count). The van der Waals surface area contributed by atoms with Gasteiger partial charge >= 0.3 is 5.69 Å². The van der Waals surface area contributed by atoms with Crippen LogP contribution in [-0.2, 0) is 13.1 Å². The van der Waals surface area contributed by atoms with Crippen LogP contribution >= 0.6 is 0 Å².